The van der Waals surface area contributed by atoms with Crippen LogP contribution < -0.4 is 20.3 Å². The van der Waals surface area contributed by atoms with Crippen molar-refractivity contribution < 1.29 is 34.1 Å². The molecule has 0 spiro atoms. The molecule has 0 fully saturated rings. The van der Waals surface area contributed by atoms with Crippen LogP contribution in [0.15, 0.2) is 60.2 Å². The summed E-state index contributed by atoms with van der Waals surface area (Å²) < 4.78 is 16.2. The minimum absolute atomic E-state index is 0.104. The van der Waals surface area contributed by atoms with Crippen molar-refractivity contribution in [3.63, 3.8) is 0 Å². The first-order valence-electron chi connectivity index (χ1n) is 9.95. The molecule has 2 rings (SSSR count). The van der Waals surface area contributed by atoms with E-state index in [-0.39, 0.29) is 13.2 Å². The van der Waals surface area contributed by atoms with Gasteiger partial charge in [0.2, 0.25) is 0 Å². The Morgan fingerprint density at radius 1 is 1.06 bits per heavy atom. The normalized spacial score (nSPS) is 13.0. The second-order valence-corrected chi connectivity index (χ2v) is 6.97. The Bertz CT molecular complexity index is 911. The van der Waals surface area contributed by atoms with E-state index in [9.17, 15) is 9.59 Å². The van der Waals surface area contributed by atoms with Crippen LogP contribution in [-0.2, 0) is 9.53 Å². The van der Waals surface area contributed by atoms with E-state index in [0.29, 0.717) is 28.3 Å². The Kier molecular flexibility index (Phi) is 9.52. The Hall–Kier alpha value is -3.56. The molecule has 0 aromatic heterocycles. The largest absolute Gasteiger partial charge is 0.497 e. The van der Waals surface area contributed by atoms with Crippen molar-refractivity contribution in [2.24, 2.45) is 5.92 Å². The Labute approximate surface area is 186 Å². The van der Waals surface area contributed by atoms with Gasteiger partial charge in [-0.15, -0.1) is 0 Å². The molecule has 4 N–H and O–H groups in total. The standard InChI is InChI=1S/C23H28N2O7/c1-15(14-21(27)25-29)16(2)22(17-4-8-20(9-5-17)31-13-12-26)32-23(28)24-18-6-10-19(30-3)11-7-18/h4-11,14,16,22,26,29H,12-13H2,1-3H3,(H,24,28)(H,25,27)/b15-14+/t16-,22+/m1/s1. The molecule has 2 atom stereocenters. The third-order valence-electron chi connectivity index (χ3n) is 4.78. The minimum Gasteiger partial charge on any atom is -0.497 e. The number of nitrogens with one attached hydrogen (secondary N) is 2. The first kappa shape index (κ1) is 24.7. The number of aliphatic hydroxyl groups is 1. The van der Waals surface area contributed by atoms with Crippen molar-refractivity contribution in [1.29, 1.82) is 0 Å². The third-order valence-corrected chi connectivity index (χ3v) is 4.78. The van der Waals surface area contributed by atoms with Crippen LogP contribution in [0.5, 0.6) is 11.5 Å². The zero-order valence-corrected chi connectivity index (χ0v) is 18.2. The number of methoxy groups -OCH3 is 1. The number of aliphatic hydroxyl groups excluding tert-OH is 1. The first-order chi connectivity index (χ1) is 15.4. The molecular formula is C23H28N2O7. The zero-order chi connectivity index (χ0) is 23.5. The smallest absolute Gasteiger partial charge is 0.412 e. The lowest BCUT2D eigenvalue weighted by Gasteiger charge is -2.25. The average molecular weight is 444 g/mol. The quantitative estimate of drug-likeness (QED) is 0.251. The highest BCUT2D eigenvalue weighted by molar-refractivity contribution is 5.87. The first-order valence-corrected chi connectivity index (χ1v) is 9.95. The second-order valence-electron chi connectivity index (χ2n) is 6.97. The van der Waals surface area contributed by atoms with E-state index in [1.54, 1.807) is 75.0 Å². The van der Waals surface area contributed by atoms with Gasteiger partial charge in [-0.2, -0.15) is 0 Å². The summed E-state index contributed by atoms with van der Waals surface area (Å²) in [4.78, 5) is 24.2. The van der Waals surface area contributed by atoms with Crippen LogP contribution in [0.4, 0.5) is 10.5 Å². The van der Waals surface area contributed by atoms with Gasteiger partial charge in [0.15, 0.2) is 0 Å². The molecule has 9 nitrogen and oxygen atoms in total. The number of rotatable bonds is 10. The lowest BCUT2D eigenvalue weighted by molar-refractivity contribution is -0.124. The van der Waals surface area contributed by atoms with Gasteiger partial charge in [-0.25, -0.2) is 10.3 Å². The molecule has 0 bridgehead atoms. The number of benzene rings is 2. The van der Waals surface area contributed by atoms with Gasteiger partial charge in [0, 0.05) is 17.7 Å². The van der Waals surface area contributed by atoms with E-state index in [1.807, 2.05) is 0 Å². The van der Waals surface area contributed by atoms with Crippen molar-refractivity contribution in [2.45, 2.75) is 20.0 Å². The van der Waals surface area contributed by atoms with Gasteiger partial charge in [0.05, 0.1) is 13.7 Å². The highest BCUT2D eigenvalue weighted by Gasteiger charge is 2.25. The van der Waals surface area contributed by atoms with Gasteiger partial charge in [-0.1, -0.05) is 24.6 Å². The van der Waals surface area contributed by atoms with Crippen LogP contribution in [0.3, 0.4) is 0 Å². The van der Waals surface area contributed by atoms with E-state index in [1.165, 1.54) is 6.08 Å². The van der Waals surface area contributed by atoms with Gasteiger partial charge >= 0.3 is 6.09 Å². The number of carbonyl (C=O) groups excluding carboxylic acids is 2. The number of hydroxylamine groups is 1. The van der Waals surface area contributed by atoms with Crippen LogP contribution in [-0.4, -0.2) is 42.6 Å². The van der Waals surface area contributed by atoms with E-state index < -0.39 is 24.0 Å². The van der Waals surface area contributed by atoms with Gasteiger partial charge in [-0.3, -0.25) is 15.3 Å². The molecule has 2 aromatic carbocycles. The maximum atomic E-state index is 12.6. The second kappa shape index (κ2) is 12.3. The number of hydrogen-bond acceptors (Lipinski definition) is 7. The van der Waals surface area contributed by atoms with Crippen molar-refractivity contribution >= 4 is 17.7 Å². The summed E-state index contributed by atoms with van der Waals surface area (Å²) in [5.74, 6) is 0.146. The van der Waals surface area contributed by atoms with E-state index in [0.717, 1.165) is 0 Å². The Morgan fingerprint density at radius 2 is 1.69 bits per heavy atom. The molecule has 2 amide bonds. The molecule has 0 saturated heterocycles. The summed E-state index contributed by atoms with van der Waals surface area (Å²) in [6, 6.07) is 13.7. The Balaban J connectivity index is 2.23. The third kappa shape index (κ3) is 7.29. The van der Waals surface area contributed by atoms with Gasteiger partial charge in [0.25, 0.3) is 5.91 Å². The fraction of sp³-hybridized carbons (Fsp3) is 0.304. The number of carbonyl (C=O) groups is 2. The maximum absolute atomic E-state index is 12.6. The van der Waals surface area contributed by atoms with Crippen molar-refractivity contribution in [2.75, 3.05) is 25.6 Å². The van der Waals surface area contributed by atoms with Crippen LogP contribution in [0.25, 0.3) is 0 Å². The van der Waals surface area contributed by atoms with Crippen LogP contribution >= 0.6 is 0 Å². The van der Waals surface area contributed by atoms with E-state index in [2.05, 4.69) is 5.32 Å². The molecule has 0 aliphatic rings. The van der Waals surface area contributed by atoms with Crippen molar-refractivity contribution in [1.82, 2.24) is 5.48 Å². The SMILES string of the molecule is COc1ccc(NC(=O)O[C@H](c2ccc(OCCO)cc2)[C@H](C)/C(C)=C/C(=O)NO)cc1. The zero-order valence-electron chi connectivity index (χ0n) is 18.2. The highest BCUT2D eigenvalue weighted by atomic mass is 16.6. The van der Waals surface area contributed by atoms with E-state index >= 15 is 0 Å². The number of anilines is 1. The summed E-state index contributed by atoms with van der Waals surface area (Å²) in [7, 11) is 1.55. The average Bonchev–Trinajstić information content (AvgIpc) is 2.81. The van der Waals surface area contributed by atoms with Crippen molar-refractivity contribution in [3.05, 3.63) is 65.7 Å². The molecule has 0 saturated carbocycles. The van der Waals surface area contributed by atoms with Gasteiger partial charge in [0.1, 0.15) is 24.2 Å². The monoisotopic (exact) mass is 444 g/mol. The van der Waals surface area contributed by atoms with Crippen LogP contribution in [0.1, 0.15) is 25.5 Å². The van der Waals surface area contributed by atoms with Crippen molar-refractivity contribution in [3.8, 4) is 11.5 Å². The summed E-state index contributed by atoms with van der Waals surface area (Å²) in [6.45, 7) is 3.57. The molecular weight excluding hydrogens is 416 g/mol. The fourth-order valence-corrected chi connectivity index (χ4v) is 2.92. The predicted octanol–water partition coefficient (Wildman–Crippen LogP) is 3.44. The molecule has 0 aliphatic heterocycles. The minimum atomic E-state index is -0.733. The fourth-order valence-electron chi connectivity index (χ4n) is 2.92. The maximum Gasteiger partial charge on any atom is 0.412 e. The Morgan fingerprint density at radius 3 is 2.25 bits per heavy atom. The van der Waals surface area contributed by atoms with Gasteiger partial charge in [-0.05, 0) is 48.9 Å². The summed E-state index contributed by atoms with van der Waals surface area (Å²) in [6.07, 6.45) is -0.170. The lowest BCUT2D eigenvalue weighted by Crippen LogP contribution is -2.23. The summed E-state index contributed by atoms with van der Waals surface area (Å²) in [5, 5.41) is 20.4. The summed E-state index contributed by atoms with van der Waals surface area (Å²) >= 11 is 0. The number of ether oxygens (including phenoxy) is 3. The summed E-state index contributed by atoms with van der Waals surface area (Å²) in [5.41, 5.74) is 3.36. The van der Waals surface area contributed by atoms with E-state index in [4.69, 9.17) is 24.5 Å². The van der Waals surface area contributed by atoms with Crippen LogP contribution in [0, 0.1) is 5.92 Å². The molecule has 2 aromatic rings. The number of amides is 2. The molecule has 172 valence electrons. The van der Waals surface area contributed by atoms with Gasteiger partial charge < -0.3 is 19.3 Å². The lowest BCUT2D eigenvalue weighted by atomic mass is 9.91. The molecule has 0 radical (unpaired) electrons. The molecule has 0 heterocycles. The topological polar surface area (TPSA) is 126 Å². The number of hydrogen-bond donors (Lipinski definition) is 4. The molecule has 9 heteroatoms. The molecule has 0 unspecified atom stereocenters. The molecule has 0 aliphatic carbocycles. The van der Waals surface area contributed by atoms with Crippen LogP contribution in [0.2, 0.25) is 0 Å². The predicted molar refractivity (Wildman–Crippen MR) is 118 cm³/mol. The molecule has 32 heavy (non-hydrogen) atoms. The highest BCUT2D eigenvalue weighted by Crippen LogP contribution is 2.32.